The summed E-state index contributed by atoms with van der Waals surface area (Å²) in [4.78, 5) is 10.8. The molecule has 0 amide bonds. The van der Waals surface area contributed by atoms with E-state index in [1.165, 1.54) is 4.90 Å². The van der Waals surface area contributed by atoms with Gasteiger partial charge in [0.2, 0.25) is 0 Å². The Balaban J connectivity index is 2.02. The van der Waals surface area contributed by atoms with Gasteiger partial charge in [-0.05, 0) is 24.8 Å². The van der Waals surface area contributed by atoms with Crippen LogP contribution in [0.25, 0.3) is 0 Å². The van der Waals surface area contributed by atoms with Crippen LogP contribution in [0.1, 0.15) is 17.5 Å². The SMILES string of the molecule is CSc1ccc(C2=NCCCN=C2c2ccccc2)cc1. The number of hydrogen-bond acceptors (Lipinski definition) is 3. The van der Waals surface area contributed by atoms with Crippen molar-refractivity contribution in [2.45, 2.75) is 11.3 Å². The van der Waals surface area contributed by atoms with Crippen molar-refractivity contribution in [2.75, 3.05) is 19.3 Å². The summed E-state index contributed by atoms with van der Waals surface area (Å²) in [5, 5.41) is 0. The van der Waals surface area contributed by atoms with E-state index >= 15 is 0 Å². The lowest BCUT2D eigenvalue weighted by molar-refractivity contribution is 0.857. The second-order valence-electron chi connectivity index (χ2n) is 4.91. The van der Waals surface area contributed by atoms with Gasteiger partial charge in [0.15, 0.2) is 0 Å². The Morgan fingerprint density at radius 3 is 1.90 bits per heavy atom. The first-order valence-corrected chi connectivity index (χ1v) is 8.40. The summed E-state index contributed by atoms with van der Waals surface area (Å²) >= 11 is 1.76. The molecule has 0 saturated heterocycles. The molecule has 0 unspecified atom stereocenters. The van der Waals surface area contributed by atoms with Gasteiger partial charge in [-0.1, -0.05) is 42.5 Å². The van der Waals surface area contributed by atoms with E-state index in [0.29, 0.717) is 0 Å². The fraction of sp³-hybridized carbons (Fsp3) is 0.222. The van der Waals surface area contributed by atoms with E-state index in [9.17, 15) is 0 Å². The third kappa shape index (κ3) is 3.24. The molecule has 0 N–H and O–H groups in total. The predicted molar refractivity (Wildman–Crippen MR) is 92.1 cm³/mol. The molecule has 0 aromatic heterocycles. The summed E-state index contributed by atoms with van der Waals surface area (Å²) in [5.74, 6) is 0. The Bertz CT molecular complexity index is 657. The number of nitrogens with zero attached hydrogens (tertiary/aromatic N) is 2. The Hall–Kier alpha value is -1.87. The van der Waals surface area contributed by atoms with Crippen LogP contribution in [0, 0.1) is 0 Å². The van der Waals surface area contributed by atoms with Crippen LogP contribution >= 0.6 is 11.8 Å². The van der Waals surface area contributed by atoms with Crippen LogP contribution in [0.4, 0.5) is 0 Å². The van der Waals surface area contributed by atoms with Gasteiger partial charge in [-0.2, -0.15) is 0 Å². The van der Waals surface area contributed by atoms with Crippen molar-refractivity contribution >= 4 is 23.2 Å². The number of rotatable bonds is 3. The molecule has 0 aliphatic carbocycles. The third-order valence-electron chi connectivity index (χ3n) is 3.49. The summed E-state index contributed by atoms with van der Waals surface area (Å²) in [5.41, 5.74) is 4.33. The van der Waals surface area contributed by atoms with Crippen molar-refractivity contribution in [2.24, 2.45) is 9.98 Å². The Kier molecular flexibility index (Phi) is 4.51. The highest BCUT2D eigenvalue weighted by molar-refractivity contribution is 7.98. The molecule has 0 bridgehead atoms. The van der Waals surface area contributed by atoms with Gasteiger partial charge in [0.05, 0.1) is 11.4 Å². The van der Waals surface area contributed by atoms with Crippen LogP contribution in [0.15, 0.2) is 69.5 Å². The molecular formula is C18H18N2S. The quantitative estimate of drug-likeness (QED) is 0.783. The first kappa shape index (κ1) is 14.1. The highest BCUT2D eigenvalue weighted by Gasteiger charge is 2.15. The zero-order valence-electron chi connectivity index (χ0n) is 12.1. The molecule has 3 heteroatoms. The van der Waals surface area contributed by atoms with Crippen molar-refractivity contribution in [1.82, 2.24) is 0 Å². The maximum atomic E-state index is 4.79. The van der Waals surface area contributed by atoms with Gasteiger partial charge in [0.25, 0.3) is 0 Å². The molecule has 0 spiro atoms. The largest absolute Gasteiger partial charge is 0.282 e. The van der Waals surface area contributed by atoms with E-state index in [-0.39, 0.29) is 0 Å². The lowest BCUT2D eigenvalue weighted by atomic mass is 9.99. The van der Waals surface area contributed by atoms with E-state index < -0.39 is 0 Å². The molecule has 0 fully saturated rings. The van der Waals surface area contributed by atoms with E-state index in [1.54, 1.807) is 11.8 Å². The van der Waals surface area contributed by atoms with E-state index in [1.807, 2.05) is 6.07 Å². The maximum Gasteiger partial charge on any atom is 0.0904 e. The standard InChI is InChI=1S/C18H18N2S/c1-21-16-10-8-15(9-11-16)18-17(19-12-5-13-20-18)14-6-3-2-4-7-14/h2-4,6-11H,5,12-13H2,1H3. The molecule has 1 aliphatic heterocycles. The second kappa shape index (κ2) is 6.72. The van der Waals surface area contributed by atoms with Gasteiger partial charge >= 0.3 is 0 Å². The normalized spacial score (nSPS) is 15.1. The van der Waals surface area contributed by atoms with E-state index in [0.717, 1.165) is 42.1 Å². The van der Waals surface area contributed by atoms with Gasteiger partial charge in [-0.3, -0.25) is 9.98 Å². The van der Waals surface area contributed by atoms with Gasteiger partial charge in [0.1, 0.15) is 0 Å². The predicted octanol–water partition coefficient (Wildman–Crippen LogP) is 4.09. The van der Waals surface area contributed by atoms with Crippen LogP contribution in [-0.2, 0) is 0 Å². The van der Waals surface area contributed by atoms with Gasteiger partial charge < -0.3 is 0 Å². The summed E-state index contributed by atoms with van der Waals surface area (Å²) in [6.07, 6.45) is 3.11. The molecule has 3 rings (SSSR count). The highest BCUT2D eigenvalue weighted by atomic mass is 32.2. The van der Waals surface area contributed by atoms with E-state index in [2.05, 4.69) is 54.8 Å². The fourth-order valence-electron chi connectivity index (χ4n) is 2.40. The summed E-state index contributed by atoms with van der Waals surface area (Å²) < 4.78 is 0. The highest BCUT2D eigenvalue weighted by Crippen LogP contribution is 2.18. The minimum absolute atomic E-state index is 0.847. The average molecular weight is 294 g/mol. The third-order valence-corrected chi connectivity index (χ3v) is 4.23. The van der Waals surface area contributed by atoms with Crippen molar-refractivity contribution in [1.29, 1.82) is 0 Å². The van der Waals surface area contributed by atoms with E-state index in [4.69, 9.17) is 9.98 Å². The topological polar surface area (TPSA) is 24.7 Å². The average Bonchev–Trinajstić information content (AvgIpc) is 2.81. The Morgan fingerprint density at radius 1 is 0.762 bits per heavy atom. The smallest absolute Gasteiger partial charge is 0.0904 e. The van der Waals surface area contributed by atoms with Crippen molar-refractivity contribution in [3.8, 4) is 0 Å². The Morgan fingerprint density at radius 2 is 1.33 bits per heavy atom. The minimum atomic E-state index is 0.847. The maximum absolute atomic E-state index is 4.79. The molecule has 0 atom stereocenters. The van der Waals surface area contributed by atoms with Crippen LogP contribution < -0.4 is 0 Å². The zero-order chi connectivity index (χ0) is 14.5. The van der Waals surface area contributed by atoms with Gasteiger partial charge in [0, 0.05) is 29.1 Å². The summed E-state index contributed by atoms with van der Waals surface area (Å²) in [7, 11) is 0. The number of aliphatic imine (C=N–C) groups is 2. The molecule has 2 nitrogen and oxygen atoms in total. The van der Waals surface area contributed by atoms with Crippen LogP contribution in [0.5, 0.6) is 0 Å². The molecule has 106 valence electrons. The van der Waals surface area contributed by atoms with Gasteiger partial charge in [-0.15, -0.1) is 11.8 Å². The number of hydrogen-bond donors (Lipinski definition) is 0. The molecule has 1 aliphatic rings. The van der Waals surface area contributed by atoms with Crippen molar-refractivity contribution < 1.29 is 0 Å². The summed E-state index contributed by atoms with van der Waals surface area (Å²) in [6.45, 7) is 1.69. The lowest BCUT2D eigenvalue weighted by Crippen LogP contribution is -2.17. The second-order valence-corrected chi connectivity index (χ2v) is 5.79. The Labute approximate surface area is 130 Å². The minimum Gasteiger partial charge on any atom is -0.282 e. The number of benzene rings is 2. The molecule has 0 saturated carbocycles. The molecule has 2 aromatic rings. The first-order chi connectivity index (χ1) is 10.4. The molecule has 0 radical (unpaired) electrons. The first-order valence-electron chi connectivity index (χ1n) is 7.17. The van der Waals surface area contributed by atoms with Crippen molar-refractivity contribution in [3.63, 3.8) is 0 Å². The number of thioether (sulfide) groups is 1. The summed E-state index contributed by atoms with van der Waals surface area (Å²) in [6, 6.07) is 18.9. The van der Waals surface area contributed by atoms with Crippen LogP contribution in [-0.4, -0.2) is 30.8 Å². The fourth-order valence-corrected chi connectivity index (χ4v) is 2.81. The van der Waals surface area contributed by atoms with Crippen LogP contribution in [0.2, 0.25) is 0 Å². The molecular weight excluding hydrogens is 276 g/mol. The monoisotopic (exact) mass is 294 g/mol. The van der Waals surface area contributed by atoms with Gasteiger partial charge in [-0.25, -0.2) is 0 Å². The molecule has 21 heavy (non-hydrogen) atoms. The van der Waals surface area contributed by atoms with Crippen LogP contribution in [0.3, 0.4) is 0 Å². The molecule has 1 heterocycles. The lowest BCUT2D eigenvalue weighted by Gasteiger charge is -2.10. The zero-order valence-corrected chi connectivity index (χ0v) is 12.9. The molecule has 2 aromatic carbocycles. The van der Waals surface area contributed by atoms with Crippen molar-refractivity contribution in [3.05, 3.63) is 65.7 Å².